The molecule has 1 heterocycles. The SMILES string of the molecule is CCN(C)C(=O)NCC1CCCCS1. The van der Waals surface area contributed by atoms with Gasteiger partial charge in [-0.05, 0) is 25.5 Å². The molecule has 1 unspecified atom stereocenters. The molecule has 14 heavy (non-hydrogen) atoms. The summed E-state index contributed by atoms with van der Waals surface area (Å²) in [6.07, 6.45) is 3.90. The number of carbonyl (C=O) groups is 1. The number of rotatable bonds is 3. The fourth-order valence-corrected chi connectivity index (χ4v) is 2.69. The lowest BCUT2D eigenvalue weighted by Crippen LogP contribution is -2.40. The number of nitrogens with zero attached hydrogens (tertiary/aromatic N) is 1. The van der Waals surface area contributed by atoms with Crippen molar-refractivity contribution in [2.24, 2.45) is 0 Å². The molecule has 1 N–H and O–H groups in total. The Morgan fingerprint density at radius 1 is 1.57 bits per heavy atom. The van der Waals surface area contributed by atoms with Crippen molar-refractivity contribution >= 4 is 17.8 Å². The standard InChI is InChI=1S/C10H20N2OS/c1-3-12(2)10(13)11-8-9-6-4-5-7-14-9/h9H,3-8H2,1-2H3,(H,11,13). The minimum atomic E-state index is 0.0543. The summed E-state index contributed by atoms with van der Waals surface area (Å²) in [5.74, 6) is 1.25. The van der Waals surface area contributed by atoms with E-state index in [-0.39, 0.29) is 6.03 Å². The summed E-state index contributed by atoms with van der Waals surface area (Å²) in [7, 11) is 1.82. The average Bonchev–Trinajstić information content (AvgIpc) is 2.26. The van der Waals surface area contributed by atoms with Gasteiger partial charge in [0.15, 0.2) is 0 Å². The molecule has 2 amide bonds. The summed E-state index contributed by atoms with van der Waals surface area (Å²) in [6.45, 7) is 3.58. The zero-order valence-electron chi connectivity index (χ0n) is 9.08. The van der Waals surface area contributed by atoms with Crippen LogP contribution in [0.4, 0.5) is 4.79 Å². The number of nitrogens with one attached hydrogen (secondary N) is 1. The van der Waals surface area contributed by atoms with E-state index in [9.17, 15) is 4.79 Å². The molecule has 82 valence electrons. The number of hydrogen-bond donors (Lipinski definition) is 1. The fraction of sp³-hybridized carbons (Fsp3) is 0.900. The van der Waals surface area contributed by atoms with Crippen LogP contribution in [0.1, 0.15) is 26.2 Å². The van der Waals surface area contributed by atoms with Crippen molar-refractivity contribution < 1.29 is 4.79 Å². The maximum absolute atomic E-state index is 11.4. The van der Waals surface area contributed by atoms with Gasteiger partial charge in [0.2, 0.25) is 0 Å². The number of urea groups is 1. The van der Waals surface area contributed by atoms with E-state index in [2.05, 4.69) is 5.32 Å². The van der Waals surface area contributed by atoms with Crippen molar-refractivity contribution in [1.29, 1.82) is 0 Å². The summed E-state index contributed by atoms with van der Waals surface area (Å²) < 4.78 is 0. The lowest BCUT2D eigenvalue weighted by Gasteiger charge is -2.23. The molecule has 1 aliphatic rings. The van der Waals surface area contributed by atoms with Gasteiger partial charge in [0.05, 0.1) is 0 Å². The largest absolute Gasteiger partial charge is 0.337 e. The van der Waals surface area contributed by atoms with E-state index < -0.39 is 0 Å². The Morgan fingerprint density at radius 3 is 2.93 bits per heavy atom. The Kier molecular flexibility index (Phi) is 5.15. The molecule has 0 aliphatic carbocycles. The quantitative estimate of drug-likeness (QED) is 0.782. The first-order valence-corrected chi connectivity index (χ1v) is 6.39. The van der Waals surface area contributed by atoms with Gasteiger partial charge in [-0.25, -0.2) is 4.79 Å². The average molecular weight is 216 g/mol. The Balaban J connectivity index is 2.15. The van der Waals surface area contributed by atoms with Gasteiger partial charge >= 0.3 is 6.03 Å². The summed E-state index contributed by atoms with van der Waals surface area (Å²) in [5, 5.41) is 3.61. The number of amides is 2. The molecule has 1 fully saturated rings. The minimum absolute atomic E-state index is 0.0543. The van der Waals surface area contributed by atoms with Crippen molar-refractivity contribution in [2.75, 3.05) is 25.9 Å². The number of thioether (sulfide) groups is 1. The Labute approximate surface area is 90.6 Å². The highest BCUT2D eigenvalue weighted by Crippen LogP contribution is 2.24. The zero-order chi connectivity index (χ0) is 10.4. The van der Waals surface area contributed by atoms with Gasteiger partial charge < -0.3 is 10.2 Å². The number of hydrogen-bond acceptors (Lipinski definition) is 2. The Hall–Kier alpha value is -0.380. The maximum Gasteiger partial charge on any atom is 0.317 e. The monoisotopic (exact) mass is 216 g/mol. The highest BCUT2D eigenvalue weighted by Gasteiger charge is 2.15. The van der Waals surface area contributed by atoms with Crippen LogP contribution in [-0.4, -0.2) is 42.1 Å². The molecule has 1 aliphatic heterocycles. The first kappa shape index (κ1) is 11.7. The topological polar surface area (TPSA) is 32.3 Å². The highest BCUT2D eigenvalue weighted by atomic mass is 32.2. The third-order valence-corrected chi connectivity index (χ3v) is 3.97. The van der Waals surface area contributed by atoms with Crippen molar-refractivity contribution in [3.8, 4) is 0 Å². The van der Waals surface area contributed by atoms with Crippen LogP contribution in [0, 0.1) is 0 Å². The molecule has 0 aromatic rings. The second kappa shape index (κ2) is 6.17. The smallest absolute Gasteiger partial charge is 0.317 e. The van der Waals surface area contributed by atoms with Crippen LogP contribution in [0.25, 0.3) is 0 Å². The summed E-state index contributed by atoms with van der Waals surface area (Å²) in [4.78, 5) is 13.1. The van der Waals surface area contributed by atoms with E-state index in [1.54, 1.807) is 4.90 Å². The maximum atomic E-state index is 11.4. The minimum Gasteiger partial charge on any atom is -0.337 e. The van der Waals surface area contributed by atoms with E-state index in [1.165, 1.54) is 25.0 Å². The predicted molar refractivity (Wildman–Crippen MR) is 61.8 cm³/mol. The fourth-order valence-electron chi connectivity index (χ4n) is 1.45. The Bertz CT molecular complexity index is 181. The molecule has 0 saturated carbocycles. The first-order chi connectivity index (χ1) is 6.74. The third-order valence-electron chi connectivity index (χ3n) is 2.58. The van der Waals surface area contributed by atoms with Crippen molar-refractivity contribution in [2.45, 2.75) is 31.4 Å². The van der Waals surface area contributed by atoms with Crippen molar-refractivity contribution in [1.82, 2.24) is 10.2 Å². The normalized spacial score (nSPS) is 21.7. The van der Waals surface area contributed by atoms with Gasteiger partial charge in [-0.3, -0.25) is 0 Å². The van der Waals surface area contributed by atoms with Crippen LogP contribution in [0.15, 0.2) is 0 Å². The van der Waals surface area contributed by atoms with Crippen LogP contribution in [0.3, 0.4) is 0 Å². The lowest BCUT2D eigenvalue weighted by molar-refractivity contribution is 0.211. The van der Waals surface area contributed by atoms with E-state index in [1.807, 2.05) is 25.7 Å². The van der Waals surface area contributed by atoms with Crippen LogP contribution in [0.5, 0.6) is 0 Å². The van der Waals surface area contributed by atoms with Crippen molar-refractivity contribution in [3.05, 3.63) is 0 Å². The van der Waals surface area contributed by atoms with Gasteiger partial charge in [-0.1, -0.05) is 6.42 Å². The predicted octanol–water partition coefficient (Wildman–Crippen LogP) is 1.93. The summed E-state index contributed by atoms with van der Waals surface area (Å²) in [5.41, 5.74) is 0. The molecule has 0 aromatic carbocycles. The first-order valence-electron chi connectivity index (χ1n) is 5.34. The molecular weight excluding hydrogens is 196 g/mol. The van der Waals surface area contributed by atoms with Crippen LogP contribution < -0.4 is 5.32 Å². The van der Waals surface area contributed by atoms with Crippen LogP contribution >= 0.6 is 11.8 Å². The lowest BCUT2D eigenvalue weighted by atomic mass is 10.2. The van der Waals surface area contributed by atoms with Gasteiger partial charge in [0, 0.05) is 25.4 Å². The molecule has 1 atom stereocenters. The number of carbonyl (C=O) groups excluding carboxylic acids is 1. The second-order valence-corrected chi connectivity index (χ2v) is 5.10. The van der Waals surface area contributed by atoms with E-state index in [4.69, 9.17) is 0 Å². The second-order valence-electron chi connectivity index (χ2n) is 3.69. The molecule has 0 bridgehead atoms. The third kappa shape index (κ3) is 3.78. The molecule has 0 aromatic heterocycles. The summed E-state index contributed by atoms with van der Waals surface area (Å²) in [6, 6.07) is 0.0543. The molecule has 0 spiro atoms. The zero-order valence-corrected chi connectivity index (χ0v) is 9.90. The Morgan fingerprint density at radius 2 is 2.36 bits per heavy atom. The van der Waals surface area contributed by atoms with Gasteiger partial charge in [0.25, 0.3) is 0 Å². The van der Waals surface area contributed by atoms with E-state index in [0.717, 1.165) is 13.1 Å². The molecule has 3 nitrogen and oxygen atoms in total. The van der Waals surface area contributed by atoms with E-state index in [0.29, 0.717) is 5.25 Å². The highest BCUT2D eigenvalue weighted by molar-refractivity contribution is 7.99. The van der Waals surface area contributed by atoms with Crippen LogP contribution in [-0.2, 0) is 0 Å². The van der Waals surface area contributed by atoms with Crippen molar-refractivity contribution in [3.63, 3.8) is 0 Å². The van der Waals surface area contributed by atoms with Gasteiger partial charge in [-0.2, -0.15) is 11.8 Å². The molecule has 0 radical (unpaired) electrons. The molecule has 4 heteroatoms. The van der Waals surface area contributed by atoms with Gasteiger partial charge in [0.1, 0.15) is 0 Å². The van der Waals surface area contributed by atoms with Gasteiger partial charge in [-0.15, -0.1) is 0 Å². The van der Waals surface area contributed by atoms with E-state index >= 15 is 0 Å². The molecule has 1 saturated heterocycles. The van der Waals surface area contributed by atoms with Crippen LogP contribution in [0.2, 0.25) is 0 Å². The summed E-state index contributed by atoms with van der Waals surface area (Å²) >= 11 is 1.99. The molecule has 1 rings (SSSR count). The molecular formula is C10H20N2OS.